The lowest BCUT2D eigenvalue weighted by Crippen LogP contribution is -2.61. The fourth-order valence-electron chi connectivity index (χ4n) is 11.4. The average molecular weight is 744 g/mol. The lowest BCUT2D eigenvalue weighted by molar-refractivity contribution is -0.490. The molecule has 10 aliphatic rings. The summed E-state index contributed by atoms with van der Waals surface area (Å²) in [6.45, 7) is 12.5. The van der Waals surface area contributed by atoms with E-state index in [0.29, 0.717) is 25.7 Å². The van der Waals surface area contributed by atoms with Crippen LogP contribution in [0.2, 0.25) is 0 Å². The Labute approximate surface area is 311 Å². The zero-order valence-electron chi connectivity index (χ0n) is 31.1. The predicted molar refractivity (Wildman–Crippen MR) is 187 cm³/mol. The summed E-state index contributed by atoms with van der Waals surface area (Å²) in [6.07, 6.45) is 4.09. The lowest BCUT2D eigenvalue weighted by Gasteiger charge is -2.47. The van der Waals surface area contributed by atoms with Crippen molar-refractivity contribution in [3.05, 3.63) is 34.4 Å². The van der Waals surface area contributed by atoms with Gasteiger partial charge in [0.2, 0.25) is 6.54 Å². The smallest absolute Gasteiger partial charge is 0.229 e. The third-order valence-electron chi connectivity index (χ3n) is 14.3. The summed E-state index contributed by atoms with van der Waals surface area (Å²) >= 11 is 0. The maximum Gasteiger partial charge on any atom is 0.229 e. The van der Waals surface area contributed by atoms with Gasteiger partial charge in [0.15, 0.2) is 5.79 Å². The van der Waals surface area contributed by atoms with Crippen LogP contribution < -0.4 is 0 Å². The molecule has 0 saturated carbocycles. The van der Waals surface area contributed by atoms with Gasteiger partial charge in [-0.3, -0.25) is 14.9 Å². The first-order valence-corrected chi connectivity index (χ1v) is 20.4. The molecule has 5 unspecified atom stereocenters. The largest absolute Gasteiger partial charge is 0.386 e. The van der Waals surface area contributed by atoms with Crippen molar-refractivity contribution in [1.29, 1.82) is 0 Å². The molecule has 0 aliphatic carbocycles. The molecule has 10 fully saturated rings. The molecular weight excluding hydrogens is 686 g/mol. The Balaban J connectivity index is 0.979. The Morgan fingerprint density at radius 2 is 1.53 bits per heavy atom. The third kappa shape index (κ3) is 6.98. The molecule has 19 atom stereocenters. The van der Waals surface area contributed by atoms with E-state index in [1.807, 2.05) is 6.92 Å². The van der Waals surface area contributed by atoms with E-state index in [2.05, 4.69) is 20.1 Å². The van der Waals surface area contributed by atoms with Crippen molar-refractivity contribution in [2.75, 3.05) is 6.54 Å². The Morgan fingerprint density at radius 3 is 2.36 bits per heavy atom. The van der Waals surface area contributed by atoms with Crippen LogP contribution in [-0.4, -0.2) is 120 Å². The summed E-state index contributed by atoms with van der Waals surface area (Å²) < 4.78 is 53.8. The van der Waals surface area contributed by atoms with Gasteiger partial charge in [0.05, 0.1) is 54.9 Å². The van der Waals surface area contributed by atoms with E-state index in [4.69, 9.17) is 37.9 Å². The van der Waals surface area contributed by atoms with Crippen molar-refractivity contribution in [3.63, 3.8) is 0 Å². The first kappa shape index (κ1) is 36.8. The highest BCUT2D eigenvalue weighted by molar-refractivity contribution is 5.79. The van der Waals surface area contributed by atoms with E-state index < -0.39 is 29.5 Å². The number of aliphatic hydroxyl groups excluding tert-OH is 1. The quantitative estimate of drug-likeness (QED) is 0.247. The number of nitrogens with zero attached hydrogens (tertiary/aromatic N) is 1. The minimum Gasteiger partial charge on any atom is -0.386 e. The van der Waals surface area contributed by atoms with Gasteiger partial charge in [0, 0.05) is 43.4 Å². The SMILES string of the molecule is C=C1CC2CC[C@@]34C[C@H]5O[C@H]6C(O3)[C@H]3O[C@H](CC[C@@H]3O[C@H]6[C@H]5O4)CC(=O)C[C@H]3C(C[C@H]4OC(CC[C@@H]1O2)C[C@@H](C)C4=C)O[C@H](CC(O)C[N+](=O)[O-])[C@@H]3C. The highest BCUT2D eigenvalue weighted by Crippen LogP contribution is 2.54. The third-order valence-corrected chi connectivity index (χ3v) is 14.3. The number of hydrogen-bond donors (Lipinski definition) is 1. The first-order valence-electron chi connectivity index (χ1n) is 20.4. The van der Waals surface area contributed by atoms with Gasteiger partial charge in [0.25, 0.3) is 0 Å². The zero-order chi connectivity index (χ0) is 36.8. The summed E-state index contributed by atoms with van der Waals surface area (Å²) in [5, 5.41) is 21.7. The maximum atomic E-state index is 14.0. The highest BCUT2D eigenvalue weighted by atomic mass is 16.8. The van der Waals surface area contributed by atoms with Crippen molar-refractivity contribution in [3.8, 4) is 0 Å². The minimum atomic E-state index is -1.14. The zero-order valence-corrected chi connectivity index (χ0v) is 31.1. The Kier molecular flexibility index (Phi) is 9.92. The molecule has 0 aromatic heterocycles. The monoisotopic (exact) mass is 743 g/mol. The predicted octanol–water partition coefficient (Wildman–Crippen LogP) is 4.38. The number of fused-ring (bicyclic) bond motifs is 6. The molecule has 0 amide bonds. The number of hydrogen-bond acceptors (Lipinski definition) is 12. The molecule has 1 spiro atoms. The standard InChI is InChI=1S/C40H57NO12/c1-19-11-25-5-7-29-20(2)12-27(46-29)9-10-40-17-34-36(52-40)37-38(51-34)39(53-40)35-30(50-37)8-6-26(48-35)13-23(42)14-28-22(4)31(15-24(43)18-41(44)45)49-33(28)16-32(47-25)21(19)3/h19,22,24-39,43H,2-3,5-18H2,1,4H3/t19-,22-,24?,25?,26-,27?,28-,29+,30+,31-,32-,33?,34-,35+,36+,37+,38-,39?,40+/m1/s1. The normalized spacial score (nSPS) is 51.5. The van der Waals surface area contributed by atoms with E-state index in [1.165, 1.54) is 0 Å². The molecule has 0 radical (unpaired) electrons. The molecule has 12 bridgehead atoms. The molecule has 10 aliphatic heterocycles. The Bertz CT molecular complexity index is 1460. The highest BCUT2D eigenvalue weighted by Gasteiger charge is 2.68. The van der Waals surface area contributed by atoms with Crippen molar-refractivity contribution < 1.29 is 52.7 Å². The van der Waals surface area contributed by atoms with Crippen LogP contribution in [0, 0.1) is 27.9 Å². The number of ketones is 1. The molecule has 10 heterocycles. The fourth-order valence-corrected chi connectivity index (χ4v) is 11.4. The number of Topliss-reactive ketones (excluding diaryl/α,β-unsaturated/α-hetero) is 1. The number of ether oxygens (including phenoxy) is 8. The van der Waals surface area contributed by atoms with E-state index in [0.717, 1.165) is 49.7 Å². The second kappa shape index (κ2) is 14.3. The molecule has 10 saturated heterocycles. The van der Waals surface area contributed by atoms with Gasteiger partial charge in [-0.2, -0.15) is 0 Å². The van der Waals surface area contributed by atoms with Crippen molar-refractivity contribution in [2.24, 2.45) is 17.8 Å². The number of aliphatic hydroxyl groups is 1. The molecule has 13 nitrogen and oxygen atoms in total. The summed E-state index contributed by atoms with van der Waals surface area (Å²) in [7, 11) is 0. The van der Waals surface area contributed by atoms with Crippen LogP contribution in [0.5, 0.6) is 0 Å². The van der Waals surface area contributed by atoms with Crippen LogP contribution in [-0.2, 0) is 42.7 Å². The van der Waals surface area contributed by atoms with Gasteiger partial charge in [0.1, 0.15) is 42.4 Å². The van der Waals surface area contributed by atoms with Crippen LogP contribution >= 0.6 is 0 Å². The molecule has 294 valence electrons. The van der Waals surface area contributed by atoms with Crippen molar-refractivity contribution in [2.45, 2.75) is 195 Å². The van der Waals surface area contributed by atoms with Crippen molar-refractivity contribution in [1.82, 2.24) is 0 Å². The first-order chi connectivity index (χ1) is 25.4. The molecule has 53 heavy (non-hydrogen) atoms. The molecule has 0 aromatic rings. The van der Waals surface area contributed by atoms with Gasteiger partial charge in [-0.05, 0) is 73.8 Å². The summed E-state index contributed by atoms with van der Waals surface area (Å²) in [5.41, 5.74) is 2.15. The Morgan fingerprint density at radius 1 is 0.792 bits per heavy atom. The van der Waals surface area contributed by atoms with E-state index in [1.54, 1.807) is 0 Å². The molecule has 1 N–H and O–H groups in total. The maximum absolute atomic E-state index is 14.0. The number of rotatable bonds is 4. The summed E-state index contributed by atoms with van der Waals surface area (Å²) in [6, 6.07) is 0. The summed E-state index contributed by atoms with van der Waals surface area (Å²) in [4.78, 5) is 24.7. The van der Waals surface area contributed by atoms with E-state index >= 15 is 0 Å². The second-order valence-electron chi connectivity index (χ2n) is 17.9. The van der Waals surface area contributed by atoms with E-state index in [9.17, 15) is 20.0 Å². The fraction of sp³-hybridized carbons (Fsp3) is 0.875. The number of carbonyl (C=O) groups is 1. The molecular formula is C40H57NO12. The number of nitro groups is 1. The van der Waals surface area contributed by atoms with Crippen LogP contribution in [0.1, 0.15) is 97.3 Å². The molecule has 0 aromatic carbocycles. The lowest BCUT2D eigenvalue weighted by atomic mass is 9.78. The average Bonchev–Trinajstić information content (AvgIpc) is 3.76. The number of carbonyl (C=O) groups excluding carboxylic acids is 1. The van der Waals surface area contributed by atoms with Gasteiger partial charge >= 0.3 is 0 Å². The van der Waals surface area contributed by atoms with Crippen LogP contribution in [0.3, 0.4) is 0 Å². The van der Waals surface area contributed by atoms with Gasteiger partial charge in [-0.15, -0.1) is 0 Å². The molecule has 13 heteroatoms. The van der Waals surface area contributed by atoms with Gasteiger partial charge in [-0.1, -0.05) is 27.0 Å². The topological polar surface area (TPSA) is 154 Å². The minimum absolute atomic E-state index is 0.0146. The van der Waals surface area contributed by atoms with Crippen molar-refractivity contribution >= 4 is 5.78 Å². The van der Waals surface area contributed by atoms with Crippen LogP contribution in [0.15, 0.2) is 24.3 Å². The van der Waals surface area contributed by atoms with Crippen LogP contribution in [0.4, 0.5) is 0 Å². The summed E-state index contributed by atoms with van der Waals surface area (Å²) in [5.74, 6) is -0.710. The second-order valence-corrected chi connectivity index (χ2v) is 17.9. The van der Waals surface area contributed by atoms with Gasteiger partial charge < -0.3 is 43.0 Å². The van der Waals surface area contributed by atoms with Crippen LogP contribution in [0.25, 0.3) is 0 Å². The van der Waals surface area contributed by atoms with Gasteiger partial charge in [-0.25, -0.2) is 0 Å². The molecule has 10 rings (SSSR count). The Hall–Kier alpha value is -1.81. The van der Waals surface area contributed by atoms with E-state index in [-0.39, 0.29) is 122 Å².